The highest BCUT2D eigenvalue weighted by Gasteiger charge is 2.16. The van der Waals surface area contributed by atoms with Gasteiger partial charge in [-0.3, -0.25) is 14.6 Å². The van der Waals surface area contributed by atoms with Gasteiger partial charge in [0.25, 0.3) is 5.56 Å². The number of aryl methyl sites for hydroxylation is 1. The van der Waals surface area contributed by atoms with Crippen molar-refractivity contribution in [1.29, 1.82) is 0 Å². The standard InChI is InChI=1S/C15H12I3NO4.C7H10N2OS/c16-9-6-8(1-2-13(9)20)23-14-10(17)3-7(4-11(14)18)5-12(19)15(21)22;1-2-3-5-4-6(10)9-7(11)8-5/h1-4,6,12,20H,5,19H2,(H,21,22);4H,2-3H2,1H3,(H2,8,9,10,11)/t12-;/m0./s1. The molecule has 0 bridgehead atoms. The van der Waals surface area contributed by atoms with Gasteiger partial charge in [0.15, 0.2) is 10.5 Å². The Morgan fingerprint density at radius 1 is 1.12 bits per heavy atom. The molecule has 6 N–H and O–H groups in total. The molecule has 0 aliphatic rings. The monoisotopic (exact) mass is 821 g/mol. The van der Waals surface area contributed by atoms with Crippen molar-refractivity contribution < 1.29 is 19.7 Å². The van der Waals surface area contributed by atoms with Crippen LogP contribution in [0.15, 0.2) is 41.2 Å². The van der Waals surface area contributed by atoms with Crippen LogP contribution in [0.5, 0.6) is 17.2 Å². The third kappa shape index (κ3) is 9.09. The molecule has 3 aromatic rings. The van der Waals surface area contributed by atoms with Crippen LogP contribution < -0.4 is 16.0 Å². The first kappa shape index (κ1) is 29.0. The van der Waals surface area contributed by atoms with Crippen LogP contribution in [0.1, 0.15) is 24.6 Å². The van der Waals surface area contributed by atoms with Gasteiger partial charge in [-0.05, 0) is 129 Å². The van der Waals surface area contributed by atoms with Crippen molar-refractivity contribution in [2.75, 3.05) is 0 Å². The Bertz CT molecular complexity index is 1230. The van der Waals surface area contributed by atoms with Crippen molar-refractivity contribution in [2.45, 2.75) is 32.2 Å². The first-order chi connectivity index (χ1) is 16.0. The molecule has 0 unspecified atom stereocenters. The number of hydrogen-bond acceptors (Lipinski definition) is 6. The minimum absolute atomic E-state index is 0.128. The fraction of sp³-hybridized carbons (Fsp3) is 0.227. The van der Waals surface area contributed by atoms with Gasteiger partial charge in [0.05, 0.1) is 10.7 Å². The number of aromatic hydroxyl groups is 1. The van der Waals surface area contributed by atoms with Crippen LogP contribution in [-0.2, 0) is 17.6 Å². The number of rotatable bonds is 7. The summed E-state index contributed by atoms with van der Waals surface area (Å²) >= 11 is 11.1. The van der Waals surface area contributed by atoms with E-state index in [1.54, 1.807) is 24.3 Å². The van der Waals surface area contributed by atoms with Crippen LogP contribution >= 0.6 is 80.0 Å². The lowest BCUT2D eigenvalue weighted by Crippen LogP contribution is -2.32. The van der Waals surface area contributed by atoms with E-state index in [0.29, 0.717) is 19.8 Å². The van der Waals surface area contributed by atoms with Crippen LogP contribution in [-0.4, -0.2) is 32.2 Å². The van der Waals surface area contributed by atoms with Crippen LogP contribution in [0.2, 0.25) is 0 Å². The molecule has 182 valence electrons. The third-order valence-electron chi connectivity index (χ3n) is 4.31. The van der Waals surface area contributed by atoms with Gasteiger partial charge >= 0.3 is 5.97 Å². The van der Waals surface area contributed by atoms with Crippen molar-refractivity contribution in [3.05, 3.63) is 73.5 Å². The molecule has 34 heavy (non-hydrogen) atoms. The largest absolute Gasteiger partial charge is 0.507 e. The molecule has 0 spiro atoms. The number of ether oxygens (including phenoxy) is 1. The average Bonchev–Trinajstić information content (AvgIpc) is 2.73. The van der Waals surface area contributed by atoms with Gasteiger partial charge in [0.1, 0.15) is 17.5 Å². The topological polar surface area (TPSA) is 141 Å². The number of aromatic amines is 2. The van der Waals surface area contributed by atoms with E-state index in [-0.39, 0.29) is 17.7 Å². The quantitative estimate of drug-likeness (QED) is 0.160. The third-order valence-corrected chi connectivity index (χ3v) is 6.98. The number of carboxylic acids is 1. The SMILES string of the molecule is CCCc1cc(=O)[nH]c(=S)[nH]1.N[C@@H](Cc1cc(I)c(Oc2ccc(O)c(I)c2)c(I)c1)C(=O)O. The molecule has 0 saturated heterocycles. The van der Waals surface area contributed by atoms with Gasteiger partial charge in [0.2, 0.25) is 0 Å². The Morgan fingerprint density at radius 3 is 2.29 bits per heavy atom. The molecule has 1 aromatic heterocycles. The van der Waals surface area contributed by atoms with Gasteiger partial charge in [-0.25, -0.2) is 0 Å². The molecule has 1 atom stereocenters. The fourth-order valence-corrected chi connectivity index (χ4v) is 5.60. The highest BCUT2D eigenvalue weighted by atomic mass is 127. The highest BCUT2D eigenvalue weighted by Crippen LogP contribution is 2.34. The Hall–Kier alpha value is -1.24. The maximum Gasteiger partial charge on any atom is 0.320 e. The molecule has 0 aliphatic heterocycles. The van der Waals surface area contributed by atoms with Crippen molar-refractivity contribution in [3.8, 4) is 17.2 Å². The van der Waals surface area contributed by atoms with Crippen LogP contribution in [0.3, 0.4) is 0 Å². The van der Waals surface area contributed by atoms with Crippen LogP contribution in [0.4, 0.5) is 0 Å². The van der Waals surface area contributed by atoms with E-state index in [2.05, 4.69) is 62.1 Å². The summed E-state index contributed by atoms with van der Waals surface area (Å²) in [6.45, 7) is 2.05. The van der Waals surface area contributed by atoms with E-state index in [1.165, 1.54) is 0 Å². The number of carboxylic acid groups (broad SMARTS) is 1. The molecule has 12 heteroatoms. The van der Waals surface area contributed by atoms with Gasteiger partial charge in [0, 0.05) is 11.8 Å². The van der Waals surface area contributed by atoms with E-state index in [1.807, 2.05) is 34.7 Å². The van der Waals surface area contributed by atoms with E-state index in [9.17, 15) is 14.7 Å². The number of phenols is 1. The summed E-state index contributed by atoms with van der Waals surface area (Å²) in [5.74, 6) is 0.507. The van der Waals surface area contributed by atoms with Gasteiger partial charge in [-0.15, -0.1) is 0 Å². The molecule has 0 fully saturated rings. The first-order valence-corrected chi connectivity index (χ1v) is 13.6. The average molecular weight is 821 g/mol. The lowest BCUT2D eigenvalue weighted by molar-refractivity contribution is -0.138. The van der Waals surface area contributed by atoms with Crippen molar-refractivity contribution in [3.63, 3.8) is 0 Å². The van der Waals surface area contributed by atoms with Crippen LogP contribution in [0, 0.1) is 15.5 Å². The Balaban J connectivity index is 0.000000310. The molecule has 0 amide bonds. The van der Waals surface area contributed by atoms with Crippen molar-refractivity contribution in [2.24, 2.45) is 5.73 Å². The molecule has 0 radical (unpaired) electrons. The summed E-state index contributed by atoms with van der Waals surface area (Å²) in [6, 6.07) is 9.37. The summed E-state index contributed by atoms with van der Waals surface area (Å²) in [6.07, 6.45) is 2.14. The lowest BCUT2D eigenvalue weighted by atomic mass is 10.1. The van der Waals surface area contributed by atoms with E-state index in [0.717, 1.165) is 31.2 Å². The number of benzene rings is 2. The molecule has 3 rings (SSSR count). The van der Waals surface area contributed by atoms with Crippen molar-refractivity contribution >= 4 is 86.0 Å². The van der Waals surface area contributed by atoms with Crippen LogP contribution in [0.25, 0.3) is 0 Å². The first-order valence-electron chi connectivity index (χ1n) is 9.95. The summed E-state index contributed by atoms with van der Waals surface area (Å²) in [5, 5.41) is 18.5. The lowest BCUT2D eigenvalue weighted by Gasteiger charge is -2.13. The maximum atomic E-state index is 10.9. The maximum absolute atomic E-state index is 10.9. The highest BCUT2D eigenvalue weighted by molar-refractivity contribution is 14.1. The summed E-state index contributed by atoms with van der Waals surface area (Å²) in [7, 11) is 0. The summed E-state index contributed by atoms with van der Waals surface area (Å²) in [5.41, 5.74) is 7.21. The molecule has 0 saturated carbocycles. The Labute approximate surface area is 242 Å². The number of H-pyrrole nitrogens is 2. The minimum atomic E-state index is -1.02. The number of nitrogens with one attached hydrogen (secondary N) is 2. The van der Waals surface area contributed by atoms with E-state index < -0.39 is 12.0 Å². The van der Waals surface area contributed by atoms with Gasteiger partial charge in [-0.2, -0.15) is 0 Å². The molecule has 1 heterocycles. The number of hydrogen-bond donors (Lipinski definition) is 5. The number of carbonyl (C=O) groups is 1. The van der Waals surface area contributed by atoms with Gasteiger partial charge < -0.3 is 25.7 Å². The Kier molecular flexibility index (Phi) is 11.7. The zero-order chi connectivity index (χ0) is 25.4. The second kappa shape index (κ2) is 13.7. The van der Waals surface area contributed by atoms with Crippen molar-refractivity contribution in [1.82, 2.24) is 9.97 Å². The van der Waals surface area contributed by atoms with E-state index >= 15 is 0 Å². The number of phenolic OH excluding ortho intramolecular Hbond substituents is 1. The Morgan fingerprint density at radius 2 is 1.76 bits per heavy atom. The number of aliphatic carboxylic acids is 1. The zero-order valence-corrected chi connectivity index (χ0v) is 25.2. The molecule has 2 aromatic carbocycles. The summed E-state index contributed by atoms with van der Waals surface area (Å²) in [4.78, 5) is 27.1. The normalized spacial score (nSPS) is 11.3. The molecular formula is C22H22I3N3O5S. The molecule has 8 nitrogen and oxygen atoms in total. The number of nitrogens with two attached hydrogens (primary N) is 1. The predicted octanol–water partition coefficient (Wildman–Crippen LogP) is 5.34. The number of aromatic nitrogens is 2. The minimum Gasteiger partial charge on any atom is -0.507 e. The number of halogens is 3. The zero-order valence-electron chi connectivity index (χ0n) is 17.9. The van der Waals surface area contributed by atoms with Gasteiger partial charge in [-0.1, -0.05) is 13.3 Å². The predicted molar refractivity (Wildman–Crippen MR) is 158 cm³/mol. The molecular weight excluding hydrogens is 799 g/mol. The fourth-order valence-electron chi connectivity index (χ4n) is 2.76. The summed E-state index contributed by atoms with van der Waals surface area (Å²) < 4.78 is 8.74. The smallest absolute Gasteiger partial charge is 0.320 e. The molecule has 0 aliphatic carbocycles. The second-order valence-corrected chi connectivity index (χ2v) is 11.0. The van der Waals surface area contributed by atoms with E-state index in [4.69, 9.17) is 27.8 Å². The second-order valence-electron chi connectivity index (χ2n) is 7.12.